The van der Waals surface area contributed by atoms with Gasteiger partial charge < -0.3 is 8.98 Å². The zero-order chi connectivity index (χ0) is 32.4. The predicted molar refractivity (Wildman–Crippen MR) is 200 cm³/mol. The van der Waals surface area contributed by atoms with Gasteiger partial charge in [-0.25, -0.2) is 4.79 Å². The van der Waals surface area contributed by atoms with Crippen molar-refractivity contribution in [2.45, 2.75) is 13.8 Å². The van der Waals surface area contributed by atoms with Gasteiger partial charge in [0.25, 0.3) is 0 Å². The molecule has 0 fully saturated rings. The Hall–Kier alpha value is -6.19. The number of aryl methyl sites for hydroxylation is 2. The highest BCUT2D eigenvalue weighted by atomic mass is 16.4. The second-order valence-electron chi connectivity index (χ2n) is 12.6. The Balaban J connectivity index is 1.17. The van der Waals surface area contributed by atoms with Gasteiger partial charge in [-0.3, -0.25) is 0 Å². The first-order chi connectivity index (χ1) is 23.5. The first-order valence-electron chi connectivity index (χ1n) is 16.3. The molecular formula is C45H31NO2. The molecule has 0 saturated heterocycles. The summed E-state index contributed by atoms with van der Waals surface area (Å²) >= 11 is 0. The average molecular weight is 618 g/mol. The molecule has 9 aromatic rings. The molecule has 0 unspecified atom stereocenters. The maximum atomic E-state index is 13.6. The van der Waals surface area contributed by atoms with Crippen molar-refractivity contribution in [1.82, 2.24) is 4.57 Å². The molecule has 9 rings (SSSR count). The quantitative estimate of drug-likeness (QED) is 0.145. The van der Waals surface area contributed by atoms with Crippen LogP contribution in [0.2, 0.25) is 0 Å². The highest BCUT2D eigenvalue weighted by molar-refractivity contribution is 6.11. The summed E-state index contributed by atoms with van der Waals surface area (Å²) < 4.78 is 8.36. The lowest BCUT2D eigenvalue weighted by molar-refractivity contribution is 0.570. The van der Waals surface area contributed by atoms with Crippen LogP contribution in [0, 0.1) is 13.8 Å². The van der Waals surface area contributed by atoms with Gasteiger partial charge in [0.15, 0.2) is 0 Å². The van der Waals surface area contributed by atoms with Gasteiger partial charge in [-0.15, -0.1) is 0 Å². The topological polar surface area (TPSA) is 35.1 Å². The molecule has 0 atom stereocenters. The molecule has 0 radical (unpaired) electrons. The van der Waals surface area contributed by atoms with E-state index >= 15 is 0 Å². The Kier molecular flexibility index (Phi) is 6.41. The standard InChI is InChI=1S/C45H31NO2/c1-28-11-6-7-15-34(28)44-29(2)12-10-17-35(44)32-20-22-36-38-23-19-31(27-43(38)48-45(47)40(36)26-32)30-21-24-42-39(25-30)37-16-8-9-18-41(37)46(42)33-13-4-3-5-14-33/h3-27H,1-2H3. The summed E-state index contributed by atoms with van der Waals surface area (Å²) in [7, 11) is 0. The summed E-state index contributed by atoms with van der Waals surface area (Å²) in [5.41, 5.74) is 12.7. The van der Waals surface area contributed by atoms with Crippen LogP contribution in [-0.4, -0.2) is 4.57 Å². The van der Waals surface area contributed by atoms with E-state index in [0.717, 1.165) is 44.2 Å². The van der Waals surface area contributed by atoms with Crippen LogP contribution in [0.5, 0.6) is 0 Å². The van der Waals surface area contributed by atoms with Crippen molar-refractivity contribution in [3.05, 3.63) is 173 Å². The molecule has 228 valence electrons. The largest absolute Gasteiger partial charge is 0.422 e. The number of para-hydroxylation sites is 2. The van der Waals surface area contributed by atoms with E-state index in [1.807, 2.05) is 18.2 Å². The van der Waals surface area contributed by atoms with E-state index < -0.39 is 0 Å². The number of hydrogen-bond donors (Lipinski definition) is 0. The number of rotatable bonds is 4. The second kappa shape index (κ2) is 11.0. The fourth-order valence-electron chi connectivity index (χ4n) is 7.41. The molecule has 0 aliphatic rings. The normalized spacial score (nSPS) is 11.6. The third kappa shape index (κ3) is 4.39. The van der Waals surface area contributed by atoms with E-state index in [2.05, 4.69) is 152 Å². The fraction of sp³-hybridized carbons (Fsp3) is 0.0444. The van der Waals surface area contributed by atoms with E-state index in [0.29, 0.717) is 11.0 Å². The van der Waals surface area contributed by atoms with Crippen molar-refractivity contribution in [3.63, 3.8) is 0 Å². The molecule has 2 aromatic heterocycles. The Morgan fingerprint density at radius 2 is 1.10 bits per heavy atom. The lowest BCUT2D eigenvalue weighted by Crippen LogP contribution is -2.00. The van der Waals surface area contributed by atoms with E-state index in [1.54, 1.807) is 0 Å². The lowest BCUT2D eigenvalue weighted by Gasteiger charge is -2.16. The summed E-state index contributed by atoms with van der Waals surface area (Å²) in [6, 6.07) is 52.8. The summed E-state index contributed by atoms with van der Waals surface area (Å²) in [5.74, 6) is 0. The monoisotopic (exact) mass is 617 g/mol. The maximum absolute atomic E-state index is 13.6. The number of aromatic nitrogens is 1. The van der Waals surface area contributed by atoms with Crippen molar-refractivity contribution in [3.8, 4) is 39.1 Å². The Labute approximate surface area is 278 Å². The molecule has 3 nitrogen and oxygen atoms in total. The Morgan fingerprint density at radius 3 is 1.98 bits per heavy atom. The molecule has 2 heterocycles. The fourth-order valence-corrected chi connectivity index (χ4v) is 7.41. The molecule has 0 aliphatic carbocycles. The van der Waals surface area contributed by atoms with Gasteiger partial charge in [0.1, 0.15) is 5.58 Å². The van der Waals surface area contributed by atoms with E-state index in [9.17, 15) is 4.79 Å². The summed E-state index contributed by atoms with van der Waals surface area (Å²) in [6.45, 7) is 4.28. The minimum absolute atomic E-state index is 0.331. The average Bonchev–Trinajstić information content (AvgIpc) is 3.46. The second-order valence-corrected chi connectivity index (χ2v) is 12.6. The van der Waals surface area contributed by atoms with Gasteiger partial charge in [0.05, 0.1) is 16.4 Å². The van der Waals surface area contributed by atoms with Crippen molar-refractivity contribution < 1.29 is 4.42 Å². The summed E-state index contributed by atoms with van der Waals surface area (Å²) in [5, 5.41) is 4.78. The maximum Gasteiger partial charge on any atom is 0.344 e. The van der Waals surface area contributed by atoms with Crippen LogP contribution >= 0.6 is 0 Å². The van der Waals surface area contributed by atoms with Crippen molar-refractivity contribution in [2.75, 3.05) is 0 Å². The van der Waals surface area contributed by atoms with Crippen LogP contribution in [0.15, 0.2) is 161 Å². The summed E-state index contributed by atoms with van der Waals surface area (Å²) in [6.07, 6.45) is 0. The zero-order valence-corrected chi connectivity index (χ0v) is 26.7. The van der Waals surface area contributed by atoms with E-state index in [-0.39, 0.29) is 5.63 Å². The highest BCUT2D eigenvalue weighted by Gasteiger charge is 2.16. The van der Waals surface area contributed by atoms with Gasteiger partial charge in [-0.05, 0) is 112 Å². The first-order valence-corrected chi connectivity index (χ1v) is 16.3. The van der Waals surface area contributed by atoms with Crippen LogP contribution in [0.1, 0.15) is 11.1 Å². The molecule has 0 bridgehead atoms. The number of nitrogens with zero attached hydrogens (tertiary/aromatic N) is 1. The van der Waals surface area contributed by atoms with Gasteiger partial charge in [0.2, 0.25) is 0 Å². The van der Waals surface area contributed by atoms with Crippen molar-refractivity contribution >= 4 is 43.5 Å². The van der Waals surface area contributed by atoms with Crippen LogP contribution in [0.25, 0.3) is 82.6 Å². The minimum Gasteiger partial charge on any atom is -0.422 e. The molecule has 0 N–H and O–H groups in total. The van der Waals surface area contributed by atoms with Crippen molar-refractivity contribution in [2.24, 2.45) is 0 Å². The van der Waals surface area contributed by atoms with Crippen molar-refractivity contribution in [1.29, 1.82) is 0 Å². The lowest BCUT2D eigenvalue weighted by atomic mass is 9.88. The van der Waals surface area contributed by atoms with E-state index in [1.165, 1.54) is 38.5 Å². The minimum atomic E-state index is -0.331. The molecule has 0 spiro atoms. The summed E-state index contributed by atoms with van der Waals surface area (Å²) in [4.78, 5) is 13.6. The smallest absolute Gasteiger partial charge is 0.344 e. The van der Waals surface area contributed by atoms with Crippen LogP contribution in [0.3, 0.4) is 0 Å². The van der Waals surface area contributed by atoms with E-state index in [4.69, 9.17) is 4.42 Å². The SMILES string of the molecule is Cc1ccccc1-c1c(C)cccc1-c1ccc2c(c1)c(=O)oc1cc(-c3ccc4c(c3)c3ccccc3n4-c3ccccc3)ccc12. The molecule has 0 saturated carbocycles. The molecule has 0 aliphatic heterocycles. The number of benzene rings is 7. The van der Waals surface area contributed by atoms with Crippen LogP contribution in [-0.2, 0) is 0 Å². The van der Waals surface area contributed by atoms with Gasteiger partial charge in [-0.2, -0.15) is 0 Å². The Morgan fingerprint density at radius 1 is 0.458 bits per heavy atom. The Bertz CT molecular complexity index is 2770. The van der Waals surface area contributed by atoms with Gasteiger partial charge in [-0.1, -0.05) is 103 Å². The molecule has 48 heavy (non-hydrogen) atoms. The third-order valence-electron chi connectivity index (χ3n) is 9.73. The molecule has 3 heteroatoms. The zero-order valence-electron chi connectivity index (χ0n) is 26.7. The predicted octanol–water partition coefficient (Wildman–Crippen LogP) is 11.7. The third-order valence-corrected chi connectivity index (χ3v) is 9.73. The molecule has 0 amide bonds. The van der Waals surface area contributed by atoms with Gasteiger partial charge in [0, 0.05) is 21.8 Å². The first kappa shape index (κ1) is 28.1. The van der Waals surface area contributed by atoms with Gasteiger partial charge >= 0.3 is 5.63 Å². The van der Waals surface area contributed by atoms with Crippen LogP contribution < -0.4 is 5.63 Å². The highest BCUT2D eigenvalue weighted by Crippen LogP contribution is 2.39. The number of hydrogen-bond acceptors (Lipinski definition) is 2. The molecular weight excluding hydrogens is 587 g/mol. The molecule has 7 aromatic carbocycles. The van der Waals surface area contributed by atoms with Crippen LogP contribution in [0.4, 0.5) is 0 Å². The number of fused-ring (bicyclic) bond motifs is 6.